The van der Waals surface area contributed by atoms with Crippen LogP contribution in [0.3, 0.4) is 0 Å². The van der Waals surface area contributed by atoms with E-state index in [-0.39, 0.29) is 24.0 Å². The van der Waals surface area contributed by atoms with E-state index in [1.165, 1.54) is 24.3 Å². The summed E-state index contributed by atoms with van der Waals surface area (Å²) in [5.74, 6) is -0.0146. The van der Waals surface area contributed by atoms with Gasteiger partial charge in [-0.2, -0.15) is 13.2 Å². The van der Waals surface area contributed by atoms with Crippen molar-refractivity contribution in [3.63, 3.8) is 0 Å². The van der Waals surface area contributed by atoms with E-state index in [0.29, 0.717) is 11.9 Å². The maximum atomic E-state index is 12.7. The molecule has 2 rings (SSSR count). The van der Waals surface area contributed by atoms with E-state index in [1.54, 1.807) is 0 Å². The highest BCUT2D eigenvalue weighted by molar-refractivity contribution is 6.32. The first-order valence-corrected chi connectivity index (χ1v) is 7.16. The Balaban J connectivity index is 1.85. The van der Waals surface area contributed by atoms with Gasteiger partial charge < -0.3 is 15.2 Å². The average Bonchev–Trinajstić information content (AvgIpc) is 2.52. The molecule has 130 valence electrons. The Morgan fingerprint density at radius 1 is 1.25 bits per heavy atom. The van der Waals surface area contributed by atoms with Gasteiger partial charge in [-0.15, -0.1) is 0 Å². The first-order chi connectivity index (χ1) is 11.3. The van der Waals surface area contributed by atoms with Crippen LogP contribution in [0.15, 0.2) is 36.5 Å². The van der Waals surface area contributed by atoms with Gasteiger partial charge in [0.1, 0.15) is 30.1 Å². The molecule has 2 N–H and O–H groups in total. The highest BCUT2D eigenvalue weighted by Crippen LogP contribution is 2.32. The zero-order valence-corrected chi connectivity index (χ0v) is 12.9. The predicted octanol–water partition coefficient (Wildman–Crippen LogP) is 3.74. The topological polar surface area (TPSA) is 54.4 Å². The third-order valence-corrected chi connectivity index (χ3v) is 3.22. The molecule has 9 heteroatoms. The Kier molecular flexibility index (Phi) is 5.84. The van der Waals surface area contributed by atoms with Gasteiger partial charge >= 0.3 is 6.18 Å². The van der Waals surface area contributed by atoms with Crippen molar-refractivity contribution in [1.29, 1.82) is 0 Å². The van der Waals surface area contributed by atoms with E-state index in [4.69, 9.17) is 16.3 Å². The van der Waals surface area contributed by atoms with Gasteiger partial charge in [-0.25, -0.2) is 9.37 Å². The number of nitrogens with one attached hydrogen (secondary N) is 1. The normalized spacial score (nSPS) is 12.8. The molecule has 1 atom stereocenters. The largest absolute Gasteiger partial charge is 0.491 e. The molecule has 1 aromatic carbocycles. The quantitative estimate of drug-likeness (QED) is 0.767. The molecule has 0 aliphatic carbocycles. The fourth-order valence-electron chi connectivity index (χ4n) is 1.72. The lowest BCUT2D eigenvalue weighted by atomic mass is 10.2. The fraction of sp³-hybridized carbons (Fsp3) is 0.267. The van der Waals surface area contributed by atoms with Crippen molar-refractivity contribution in [2.24, 2.45) is 0 Å². The molecule has 0 unspecified atom stereocenters. The van der Waals surface area contributed by atoms with Crippen molar-refractivity contribution in [1.82, 2.24) is 4.98 Å². The van der Waals surface area contributed by atoms with Gasteiger partial charge in [0.15, 0.2) is 0 Å². The van der Waals surface area contributed by atoms with Crippen molar-refractivity contribution in [3.8, 4) is 5.75 Å². The van der Waals surface area contributed by atoms with E-state index in [1.807, 2.05) is 0 Å². The van der Waals surface area contributed by atoms with Crippen LogP contribution >= 0.6 is 11.6 Å². The Morgan fingerprint density at radius 3 is 2.50 bits per heavy atom. The van der Waals surface area contributed by atoms with Crippen LogP contribution in [0.2, 0.25) is 5.02 Å². The zero-order chi connectivity index (χ0) is 17.7. The van der Waals surface area contributed by atoms with Crippen LogP contribution in [0.25, 0.3) is 0 Å². The number of aliphatic hydroxyl groups is 1. The maximum Gasteiger partial charge on any atom is 0.417 e. The molecule has 0 bridgehead atoms. The van der Waals surface area contributed by atoms with Crippen molar-refractivity contribution < 1.29 is 27.4 Å². The van der Waals surface area contributed by atoms with Crippen molar-refractivity contribution in [3.05, 3.63) is 52.9 Å². The molecular formula is C15H13ClF4N2O2. The first-order valence-electron chi connectivity index (χ1n) is 6.79. The van der Waals surface area contributed by atoms with Gasteiger partial charge in [0.05, 0.1) is 10.6 Å². The summed E-state index contributed by atoms with van der Waals surface area (Å²) in [6, 6.07) is 5.99. The summed E-state index contributed by atoms with van der Waals surface area (Å²) < 4.78 is 55.5. The average molecular weight is 365 g/mol. The standard InChI is InChI=1S/C15H13ClF4N2O2/c16-13-5-9(15(18,19)20)6-21-14(13)22-7-11(23)8-24-12-3-1-10(17)2-4-12/h1-6,11,23H,7-8H2,(H,21,22)/t11-/m1/s1. The Morgan fingerprint density at radius 2 is 1.92 bits per heavy atom. The molecule has 1 aromatic heterocycles. The minimum Gasteiger partial charge on any atom is -0.491 e. The first kappa shape index (κ1) is 18.3. The summed E-state index contributed by atoms with van der Waals surface area (Å²) in [4.78, 5) is 3.59. The second kappa shape index (κ2) is 7.67. The van der Waals surface area contributed by atoms with Crippen LogP contribution < -0.4 is 10.1 Å². The number of anilines is 1. The second-order valence-electron chi connectivity index (χ2n) is 4.85. The molecule has 0 fully saturated rings. The molecule has 0 spiro atoms. The molecule has 0 radical (unpaired) electrons. The SMILES string of the molecule is O[C@H](CNc1ncc(C(F)(F)F)cc1Cl)COc1ccc(F)cc1. The number of benzene rings is 1. The molecule has 0 amide bonds. The molecule has 2 aromatic rings. The molecule has 0 aliphatic rings. The van der Waals surface area contributed by atoms with Crippen molar-refractivity contribution in [2.75, 3.05) is 18.5 Å². The van der Waals surface area contributed by atoms with E-state index in [2.05, 4.69) is 10.3 Å². The summed E-state index contributed by atoms with van der Waals surface area (Å²) in [5, 5.41) is 12.2. The molecule has 0 saturated carbocycles. The fourth-order valence-corrected chi connectivity index (χ4v) is 1.95. The molecule has 4 nitrogen and oxygen atoms in total. The lowest BCUT2D eigenvalue weighted by molar-refractivity contribution is -0.137. The number of aromatic nitrogens is 1. The molecule has 1 heterocycles. The van der Waals surface area contributed by atoms with E-state index < -0.39 is 23.7 Å². The Hall–Kier alpha value is -2.06. The summed E-state index contributed by atoms with van der Waals surface area (Å²) in [6.45, 7) is -0.143. The number of alkyl halides is 3. The molecular weight excluding hydrogens is 352 g/mol. The monoisotopic (exact) mass is 364 g/mol. The number of hydrogen-bond acceptors (Lipinski definition) is 4. The van der Waals surface area contributed by atoms with Gasteiger partial charge in [0.25, 0.3) is 0 Å². The van der Waals surface area contributed by atoms with E-state index >= 15 is 0 Å². The van der Waals surface area contributed by atoms with E-state index in [9.17, 15) is 22.7 Å². The highest BCUT2D eigenvalue weighted by atomic mass is 35.5. The van der Waals surface area contributed by atoms with Gasteiger partial charge in [-0.1, -0.05) is 11.6 Å². The number of rotatable bonds is 6. The van der Waals surface area contributed by atoms with Crippen molar-refractivity contribution >= 4 is 17.4 Å². The molecule has 0 aliphatic heterocycles. The minimum atomic E-state index is -4.53. The second-order valence-corrected chi connectivity index (χ2v) is 5.26. The smallest absolute Gasteiger partial charge is 0.417 e. The number of hydrogen-bond donors (Lipinski definition) is 2. The zero-order valence-electron chi connectivity index (χ0n) is 12.1. The highest BCUT2D eigenvalue weighted by Gasteiger charge is 2.31. The number of pyridine rings is 1. The van der Waals surface area contributed by atoms with Gasteiger partial charge in [-0.3, -0.25) is 0 Å². The Bertz CT molecular complexity index is 680. The lowest BCUT2D eigenvalue weighted by Crippen LogP contribution is -2.26. The van der Waals surface area contributed by atoms with Crippen molar-refractivity contribution in [2.45, 2.75) is 12.3 Å². The van der Waals surface area contributed by atoms with Crippen LogP contribution in [-0.2, 0) is 6.18 Å². The number of ether oxygens (including phenoxy) is 1. The summed E-state index contributed by atoms with van der Waals surface area (Å²) in [5.41, 5.74) is -0.960. The van der Waals surface area contributed by atoms with E-state index in [0.717, 1.165) is 6.07 Å². The minimum absolute atomic E-state index is 0.0190. The maximum absolute atomic E-state index is 12.7. The van der Waals surface area contributed by atoms with Gasteiger partial charge in [0, 0.05) is 12.7 Å². The third-order valence-electron chi connectivity index (χ3n) is 2.93. The summed E-state index contributed by atoms with van der Waals surface area (Å²) in [7, 11) is 0. The number of nitrogens with zero attached hydrogens (tertiary/aromatic N) is 1. The lowest BCUT2D eigenvalue weighted by Gasteiger charge is -2.15. The van der Waals surface area contributed by atoms with Crippen LogP contribution in [0.5, 0.6) is 5.75 Å². The summed E-state index contributed by atoms with van der Waals surface area (Å²) >= 11 is 5.73. The number of halogens is 5. The van der Waals surface area contributed by atoms with Crippen LogP contribution in [0.4, 0.5) is 23.4 Å². The molecule has 24 heavy (non-hydrogen) atoms. The third kappa shape index (κ3) is 5.24. The number of aliphatic hydroxyl groups excluding tert-OH is 1. The van der Waals surface area contributed by atoms with Gasteiger partial charge in [0.2, 0.25) is 0 Å². The van der Waals surface area contributed by atoms with Crippen LogP contribution in [-0.4, -0.2) is 29.3 Å². The summed E-state index contributed by atoms with van der Waals surface area (Å²) in [6.07, 6.45) is -4.86. The predicted molar refractivity (Wildman–Crippen MR) is 80.6 cm³/mol. The van der Waals surface area contributed by atoms with Crippen LogP contribution in [0.1, 0.15) is 5.56 Å². The van der Waals surface area contributed by atoms with Crippen LogP contribution in [0, 0.1) is 5.82 Å². The van der Waals surface area contributed by atoms with Gasteiger partial charge in [-0.05, 0) is 30.3 Å². The molecule has 0 saturated heterocycles. The Labute approximate surface area is 140 Å².